The third-order valence-electron chi connectivity index (χ3n) is 6.61. The zero-order valence-electron chi connectivity index (χ0n) is 20.2. The summed E-state index contributed by atoms with van der Waals surface area (Å²) in [5, 5.41) is 3.88. The second kappa shape index (κ2) is 11.6. The largest absolute Gasteiger partial charge is 0.451 e. The van der Waals surface area contributed by atoms with Crippen LogP contribution in [0.2, 0.25) is 0 Å². The molecule has 0 spiro atoms. The van der Waals surface area contributed by atoms with Gasteiger partial charge < -0.3 is 9.73 Å². The van der Waals surface area contributed by atoms with Crippen LogP contribution in [0.15, 0.2) is 57.9 Å². The molecular formula is C28H27FN2O4S2. The molecular weight excluding hydrogens is 511 g/mol. The van der Waals surface area contributed by atoms with Crippen LogP contribution in [0.25, 0.3) is 17.0 Å². The summed E-state index contributed by atoms with van der Waals surface area (Å²) in [4.78, 5) is 39.5. The molecule has 2 heterocycles. The molecule has 2 aliphatic rings. The predicted octanol–water partition coefficient (Wildman–Crippen LogP) is 6.60. The number of benzene rings is 2. The standard InChI is InChI=1S/C28H27FN2O4S2/c29-22-12-6-4-8-18(22)16-24-27(33)31(28(34)37-24)15-14-30-26(32)25-21(17-36-19-9-2-1-3-10-19)20-11-5-7-13-23(20)35-25/h4-8,11-13,16,19H,1-3,9-10,14-15,17H2,(H,30,32). The van der Waals surface area contributed by atoms with E-state index >= 15 is 0 Å². The molecule has 1 saturated heterocycles. The van der Waals surface area contributed by atoms with E-state index < -0.39 is 17.0 Å². The molecule has 0 radical (unpaired) electrons. The third kappa shape index (κ3) is 5.78. The molecule has 192 valence electrons. The Morgan fingerprint density at radius 2 is 1.86 bits per heavy atom. The molecule has 1 aromatic heterocycles. The van der Waals surface area contributed by atoms with Crippen molar-refractivity contribution in [2.45, 2.75) is 43.1 Å². The lowest BCUT2D eigenvalue weighted by Crippen LogP contribution is -2.37. The van der Waals surface area contributed by atoms with Crippen LogP contribution >= 0.6 is 23.5 Å². The van der Waals surface area contributed by atoms with Crippen LogP contribution in [0.5, 0.6) is 0 Å². The molecule has 3 aromatic rings. The van der Waals surface area contributed by atoms with Crippen molar-refractivity contribution in [3.63, 3.8) is 0 Å². The molecule has 2 aromatic carbocycles. The number of rotatable bonds is 8. The van der Waals surface area contributed by atoms with E-state index in [9.17, 15) is 18.8 Å². The number of thioether (sulfide) groups is 2. The topological polar surface area (TPSA) is 79.6 Å². The van der Waals surface area contributed by atoms with E-state index in [1.165, 1.54) is 44.2 Å². The second-order valence-corrected chi connectivity index (χ2v) is 11.4. The van der Waals surface area contributed by atoms with Crippen LogP contribution in [-0.4, -0.2) is 40.3 Å². The van der Waals surface area contributed by atoms with Gasteiger partial charge in [0, 0.05) is 40.6 Å². The van der Waals surface area contributed by atoms with Crippen molar-refractivity contribution in [3.05, 3.63) is 76.1 Å². The first-order valence-corrected chi connectivity index (χ1v) is 14.3. The van der Waals surface area contributed by atoms with Crippen molar-refractivity contribution < 1.29 is 23.2 Å². The predicted molar refractivity (Wildman–Crippen MR) is 146 cm³/mol. The number of nitrogens with one attached hydrogen (secondary N) is 1. The first kappa shape index (κ1) is 25.6. The van der Waals surface area contributed by atoms with E-state index in [-0.39, 0.29) is 35.2 Å². The summed E-state index contributed by atoms with van der Waals surface area (Å²) in [6.45, 7) is 0.0908. The maximum Gasteiger partial charge on any atom is 0.293 e. The average molecular weight is 539 g/mol. The summed E-state index contributed by atoms with van der Waals surface area (Å²) in [7, 11) is 0. The number of imide groups is 1. The minimum absolute atomic E-state index is 0.0113. The van der Waals surface area contributed by atoms with E-state index in [1.807, 2.05) is 36.0 Å². The smallest absolute Gasteiger partial charge is 0.293 e. The van der Waals surface area contributed by atoms with Gasteiger partial charge in [-0.05, 0) is 42.8 Å². The fourth-order valence-electron chi connectivity index (χ4n) is 4.65. The number of hydrogen-bond donors (Lipinski definition) is 1. The molecule has 2 fully saturated rings. The fraction of sp³-hybridized carbons (Fsp3) is 0.321. The summed E-state index contributed by atoms with van der Waals surface area (Å²) in [6, 6.07) is 13.7. The first-order valence-electron chi connectivity index (χ1n) is 12.4. The van der Waals surface area contributed by atoms with Crippen molar-refractivity contribution in [2.75, 3.05) is 13.1 Å². The fourth-order valence-corrected chi connectivity index (χ4v) is 6.86. The number of halogens is 1. The Morgan fingerprint density at radius 1 is 1.11 bits per heavy atom. The summed E-state index contributed by atoms with van der Waals surface area (Å²) >= 11 is 2.64. The summed E-state index contributed by atoms with van der Waals surface area (Å²) in [5.74, 6) is -0.373. The first-order chi connectivity index (χ1) is 18.0. The zero-order chi connectivity index (χ0) is 25.8. The van der Waals surface area contributed by atoms with Gasteiger partial charge >= 0.3 is 0 Å². The van der Waals surface area contributed by atoms with Crippen molar-refractivity contribution in [3.8, 4) is 0 Å². The van der Waals surface area contributed by atoms with Crippen LogP contribution in [0.3, 0.4) is 0 Å². The Bertz CT molecular complexity index is 1360. The number of carbonyl (C=O) groups excluding carboxylic acids is 3. The Labute approximate surface area is 223 Å². The Kier molecular flexibility index (Phi) is 8.00. The summed E-state index contributed by atoms with van der Waals surface area (Å²) in [5.41, 5.74) is 1.78. The van der Waals surface area contributed by atoms with E-state index in [1.54, 1.807) is 18.2 Å². The van der Waals surface area contributed by atoms with Crippen LogP contribution in [0, 0.1) is 5.82 Å². The maximum absolute atomic E-state index is 14.0. The van der Waals surface area contributed by atoms with Gasteiger partial charge in [-0.15, -0.1) is 0 Å². The van der Waals surface area contributed by atoms with Gasteiger partial charge in [0.05, 0.1) is 4.91 Å². The van der Waals surface area contributed by atoms with Crippen molar-refractivity contribution >= 4 is 57.6 Å². The Morgan fingerprint density at radius 3 is 2.68 bits per heavy atom. The SMILES string of the molecule is O=C(NCCN1C(=O)SC(=Cc2ccccc2F)C1=O)c1oc2ccccc2c1CSC1CCCCC1. The molecule has 37 heavy (non-hydrogen) atoms. The molecule has 1 saturated carbocycles. The van der Waals surface area contributed by atoms with Crippen molar-refractivity contribution in [1.29, 1.82) is 0 Å². The minimum Gasteiger partial charge on any atom is -0.451 e. The highest BCUT2D eigenvalue weighted by atomic mass is 32.2. The molecule has 1 N–H and O–H groups in total. The molecule has 0 unspecified atom stereocenters. The number of amides is 3. The zero-order valence-corrected chi connectivity index (χ0v) is 21.8. The lowest BCUT2D eigenvalue weighted by atomic mass is 10.0. The normalized spacial score (nSPS) is 17.8. The molecule has 0 atom stereocenters. The van der Waals surface area contributed by atoms with Gasteiger partial charge in [-0.25, -0.2) is 4.39 Å². The van der Waals surface area contributed by atoms with Gasteiger partial charge in [-0.2, -0.15) is 11.8 Å². The molecule has 5 rings (SSSR count). The van der Waals surface area contributed by atoms with Crippen LogP contribution in [-0.2, 0) is 10.5 Å². The highest BCUT2D eigenvalue weighted by Crippen LogP contribution is 2.35. The highest BCUT2D eigenvalue weighted by molar-refractivity contribution is 8.18. The average Bonchev–Trinajstić information content (AvgIpc) is 3.41. The lowest BCUT2D eigenvalue weighted by molar-refractivity contribution is -0.122. The second-order valence-electron chi connectivity index (χ2n) is 9.09. The van der Waals surface area contributed by atoms with Gasteiger partial charge in [-0.1, -0.05) is 55.7 Å². The maximum atomic E-state index is 14.0. The number of nitrogens with zero attached hydrogens (tertiary/aromatic N) is 1. The van der Waals surface area contributed by atoms with Gasteiger partial charge in [0.25, 0.3) is 17.1 Å². The van der Waals surface area contributed by atoms with Crippen LogP contribution in [0.4, 0.5) is 9.18 Å². The monoisotopic (exact) mass is 538 g/mol. The van der Waals surface area contributed by atoms with Gasteiger partial charge in [0.15, 0.2) is 5.76 Å². The van der Waals surface area contributed by atoms with Gasteiger partial charge in [-0.3, -0.25) is 19.3 Å². The van der Waals surface area contributed by atoms with Crippen LogP contribution < -0.4 is 5.32 Å². The number of furan rings is 1. The minimum atomic E-state index is -0.499. The van der Waals surface area contributed by atoms with Gasteiger partial charge in [0.1, 0.15) is 11.4 Å². The number of hydrogen-bond acceptors (Lipinski definition) is 6. The van der Waals surface area contributed by atoms with E-state index in [4.69, 9.17) is 4.42 Å². The van der Waals surface area contributed by atoms with Crippen LogP contribution in [0.1, 0.15) is 53.8 Å². The molecule has 6 nitrogen and oxygen atoms in total. The number of para-hydroxylation sites is 1. The molecule has 3 amide bonds. The molecule has 1 aliphatic heterocycles. The van der Waals surface area contributed by atoms with Crippen molar-refractivity contribution in [2.24, 2.45) is 0 Å². The quantitative estimate of drug-likeness (QED) is 0.325. The Balaban J connectivity index is 1.24. The van der Waals surface area contributed by atoms with E-state index in [2.05, 4.69) is 5.32 Å². The Hall–Kier alpha value is -3.04. The molecule has 9 heteroatoms. The number of fused-ring (bicyclic) bond motifs is 1. The highest BCUT2D eigenvalue weighted by Gasteiger charge is 2.35. The van der Waals surface area contributed by atoms with E-state index in [0.717, 1.165) is 27.6 Å². The van der Waals surface area contributed by atoms with Gasteiger partial charge in [0.2, 0.25) is 0 Å². The third-order valence-corrected chi connectivity index (χ3v) is 8.91. The summed E-state index contributed by atoms with van der Waals surface area (Å²) < 4.78 is 19.9. The van der Waals surface area contributed by atoms with Crippen molar-refractivity contribution in [1.82, 2.24) is 10.2 Å². The number of carbonyl (C=O) groups is 3. The summed E-state index contributed by atoms with van der Waals surface area (Å²) in [6.07, 6.45) is 7.57. The van der Waals surface area contributed by atoms with E-state index in [0.29, 0.717) is 16.6 Å². The molecule has 1 aliphatic carbocycles. The molecule has 0 bridgehead atoms. The lowest BCUT2D eigenvalue weighted by Gasteiger charge is -2.20.